The highest BCUT2D eigenvalue weighted by Crippen LogP contribution is 2.32. The van der Waals surface area contributed by atoms with Crippen molar-refractivity contribution in [2.24, 2.45) is 4.99 Å². The molecule has 34 heavy (non-hydrogen) atoms. The molecule has 0 saturated heterocycles. The van der Waals surface area contributed by atoms with Crippen molar-refractivity contribution in [1.29, 1.82) is 0 Å². The van der Waals surface area contributed by atoms with Crippen molar-refractivity contribution < 1.29 is 19.0 Å². The van der Waals surface area contributed by atoms with Gasteiger partial charge in [0.25, 0.3) is 5.56 Å². The standard InChI is InChI=1S/C26H26N2O5S/c1-6-33-25(30)21-16(3)27-26-28(22(21)17-12-10-15(2)11-13-17)24(29)20(34-26)14-18-8-7-9-19(31-4)23(18)32-5/h7-14,22H,6H2,1-5H3/b20-14+. The van der Waals surface area contributed by atoms with Crippen molar-refractivity contribution in [3.8, 4) is 11.5 Å². The molecule has 1 aromatic heterocycles. The molecule has 176 valence electrons. The Morgan fingerprint density at radius 3 is 2.50 bits per heavy atom. The van der Waals surface area contributed by atoms with Crippen molar-refractivity contribution >= 4 is 23.4 Å². The number of rotatable bonds is 6. The Labute approximate surface area is 201 Å². The lowest BCUT2D eigenvalue weighted by molar-refractivity contribution is -0.139. The van der Waals surface area contributed by atoms with E-state index in [1.54, 1.807) is 44.8 Å². The zero-order valence-corrected chi connectivity index (χ0v) is 20.6. The number of aromatic nitrogens is 1. The topological polar surface area (TPSA) is 79.1 Å². The summed E-state index contributed by atoms with van der Waals surface area (Å²) in [5.74, 6) is 0.634. The highest BCUT2D eigenvalue weighted by molar-refractivity contribution is 7.07. The number of fused-ring (bicyclic) bond motifs is 1. The molecule has 7 nitrogen and oxygen atoms in total. The SMILES string of the molecule is CCOC(=O)C1=C(C)N=c2s/c(=C/c3cccc(OC)c3OC)c(=O)n2C1c1ccc(C)cc1. The van der Waals surface area contributed by atoms with Gasteiger partial charge in [-0.15, -0.1) is 0 Å². The molecular weight excluding hydrogens is 452 g/mol. The maximum absolute atomic E-state index is 13.7. The number of ether oxygens (including phenoxy) is 3. The molecule has 0 fully saturated rings. The number of hydrogen-bond donors (Lipinski definition) is 0. The number of benzene rings is 2. The summed E-state index contributed by atoms with van der Waals surface area (Å²) in [5, 5.41) is 0. The lowest BCUT2D eigenvalue weighted by atomic mass is 9.95. The van der Waals surface area contributed by atoms with E-state index in [0.717, 1.165) is 11.1 Å². The third kappa shape index (κ3) is 4.17. The van der Waals surface area contributed by atoms with Gasteiger partial charge in [0, 0.05) is 5.56 Å². The minimum Gasteiger partial charge on any atom is -0.493 e. The smallest absolute Gasteiger partial charge is 0.338 e. The van der Waals surface area contributed by atoms with Crippen molar-refractivity contribution in [3.05, 3.63) is 90.1 Å². The lowest BCUT2D eigenvalue weighted by Crippen LogP contribution is -2.39. The molecule has 3 aromatic rings. The normalized spacial score (nSPS) is 15.6. The summed E-state index contributed by atoms with van der Waals surface area (Å²) in [4.78, 5) is 31.8. The monoisotopic (exact) mass is 478 g/mol. The molecule has 1 aliphatic heterocycles. The van der Waals surface area contributed by atoms with E-state index in [1.807, 2.05) is 43.3 Å². The van der Waals surface area contributed by atoms with E-state index in [2.05, 4.69) is 4.99 Å². The molecule has 0 spiro atoms. The minimum atomic E-state index is -0.634. The lowest BCUT2D eigenvalue weighted by Gasteiger charge is -2.24. The van der Waals surface area contributed by atoms with Gasteiger partial charge >= 0.3 is 5.97 Å². The summed E-state index contributed by atoms with van der Waals surface area (Å²) in [6, 6.07) is 12.6. The Morgan fingerprint density at radius 1 is 1.12 bits per heavy atom. The fourth-order valence-electron chi connectivity index (χ4n) is 4.02. The number of thiazole rings is 1. The van der Waals surface area contributed by atoms with Gasteiger partial charge in [-0.3, -0.25) is 9.36 Å². The van der Waals surface area contributed by atoms with E-state index in [4.69, 9.17) is 14.2 Å². The van der Waals surface area contributed by atoms with Crippen LogP contribution >= 0.6 is 11.3 Å². The molecule has 1 aliphatic rings. The maximum Gasteiger partial charge on any atom is 0.338 e. The van der Waals surface area contributed by atoms with Crippen LogP contribution in [-0.4, -0.2) is 31.4 Å². The average Bonchev–Trinajstić information content (AvgIpc) is 3.13. The first kappa shape index (κ1) is 23.5. The number of methoxy groups -OCH3 is 2. The van der Waals surface area contributed by atoms with Gasteiger partial charge in [-0.1, -0.05) is 53.3 Å². The summed E-state index contributed by atoms with van der Waals surface area (Å²) in [7, 11) is 3.12. The average molecular weight is 479 g/mol. The summed E-state index contributed by atoms with van der Waals surface area (Å²) < 4.78 is 18.3. The fourth-order valence-corrected chi connectivity index (χ4v) is 5.06. The highest BCUT2D eigenvalue weighted by Gasteiger charge is 2.33. The van der Waals surface area contributed by atoms with Gasteiger partial charge in [0.1, 0.15) is 0 Å². The van der Waals surface area contributed by atoms with Gasteiger partial charge in [0.2, 0.25) is 0 Å². The second kappa shape index (κ2) is 9.69. The number of aryl methyl sites for hydroxylation is 1. The van der Waals surface area contributed by atoms with Crippen LogP contribution in [0.3, 0.4) is 0 Å². The van der Waals surface area contributed by atoms with Crippen LogP contribution in [-0.2, 0) is 9.53 Å². The van der Waals surface area contributed by atoms with Crippen molar-refractivity contribution in [2.45, 2.75) is 26.8 Å². The Balaban J connectivity index is 1.97. The van der Waals surface area contributed by atoms with E-state index >= 15 is 0 Å². The molecule has 2 aromatic carbocycles. The van der Waals surface area contributed by atoms with Gasteiger partial charge < -0.3 is 14.2 Å². The largest absolute Gasteiger partial charge is 0.493 e. The third-order valence-electron chi connectivity index (χ3n) is 5.63. The first-order valence-electron chi connectivity index (χ1n) is 10.9. The number of nitrogens with zero attached hydrogens (tertiary/aromatic N) is 2. The van der Waals surface area contributed by atoms with E-state index < -0.39 is 12.0 Å². The van der Waals surface area contributed by atoms with Crippen LogP contribution in [0.4, 0.5) is 0 Å². The number of allylic oxidation sites excluding steroid dienone is 1. The quantitative estimate of drug-likeness (QED) is 0.509. The number of hydrogen-bond acceptors (Lipinski definition) is 7. The van der Waals surface area contributed by atoms with Gasteiger partial charge in [-0.25, -0.2) is 9.79 Å². The van der Waals surface area contributed by atoms with Gasteiger partial charge in [-0.05, 0) is 38.5 Å². The van der Waals surface area contributed by atoms with E-state index in [1.165, 1.54) is 11.3 Å². The molecule has 0 radical (unpaired) electrons. The van der Waals surface area contributed by atoms with Crippen molar-refractivity contribution in [3.63, 3.8) is 0 Å². The molecule has 0 aliphatic carbocycles. The van der Waals surface area contributed by atoms with Gasteiger partial charge in [0.15, 0.2) is 16.3 Å². The summed E-state index contributed by atoms with van der Waals surface area (Å²) >= 11 is 1.27. The third-order valence-corrected chi connectivity index (χ3v) is 6.61. The molecule has 0 amide bonds. The predicted octanol–water partition coefficient (Wildman–Crippen LogP) is 3.12. The second-order valence-electron chi connectivity index (χ2n) is 7.80. The Hall–Kier alpha value is -3.65. The number of esters is 1. The van der Waals surface area contributed by atoms with Crippen LogP contribution < -0.4 is 24.4 Å². The first-order chi connectivity index (χ1) is 16.4. The van der Waals surface area contributed by atoms with Crippen LogP contribution in [0.5, 0.6) is 11.5 Å². The summed E-state index contributed by atoms with van der Waals surface area (Å²) in [6.45, 7) is 5.75. The molecule has 0 N–H and O–H groups in total. The Morgan fingerprint density at radius 2 is 1.85 bits per heavy atom. The molecule has 0 saturated carbocycles. The van der Waals surface area contributed by atoms with Gasteiger partial charge in [-0.2, -0.15) is 0 Å². The van der Waals surface area contributed by atoms with Crippen LogP contribution in [0.25, 0.3) is 6.08 Å². The zero-order chi connectivity index (χ0) is 24.4. The highest BCUT2D eigenvalue weighted by atomic mass is 32.1. The molecule has 2 heterocycles. The van der Waals surface area contributed by atoms with Crippen LogP contribution in [0.2, 0.25) is 0 Å². The number of para-hydroxylation sites is 1. The predicted molar refractivity (Wildman–Crippen MR) is 131 cm³/mol. The molecule has 0 bridgehead atoms. The van der Waals surface area contributed by atoms with Crippen LogP contribution in [0.1, 0.15) is 36.6 Å². The summed E-state index contributed by atoms with van der Waals surface area (Å²) in [5.41, 5.74) is 3.27. The molecule has 8 heteroatoms. The van der Waals surface area contributed by atoms with E-state index in [0.29, 0.717) is 37.7 Å². The Kier molecular flexibility index (Phi) is 6.70. The van der Waals surface area contributed by atoms with Gasteiger partial charge in [0.05, 0.1) is 42.7 Å². The summed E-state index contributed by atoms with van der Waals surface area (Å²) in [6.07, 6.45) is 1.76. The van der Waals surface area contributed by atoms with E-state index in [-0.39, 0.29) is 12.2 Å². The maximum atomic E-state index is 13.7. The molecule has 1 atom stereocenters. The van der Waals surface area contributed by atoms with Crippen molar-refractivity contribution in [1.82, 2.24) is 4.57 Å². The first-order valence-corrected chi connectivity index (χ1v) is 11.7. The van der Waals surface area contributed by atoms with Crippen LogP contribution in [0, 0.1) is 6.92 Å². The van der Waals surface area contributed by atoms with Crippen LogP contribution in [0.15, 0.2) is 63.5 Å². The number of carbonyl (C=O) groups excluding carboxylic acids is 1. The van der Waals surface area contributed by atoms with E-state index in [9.17, 15) is 9.59 Å². The fraction of sp³-hybridized carbons (Fsp3) is 0.269. The number of carbonyl (C=O) groups is 1. The zero-order valence-electron chi connectivity index (χ0n) is 19.7. The molecular formula is C26H26N2O5S. The molecule has 1 unspecified atom stereocenters. The Bertz CT molecular complexity index is 1450. The molecule has 4 rings (SSSR count). The minimum absolute atomic E-state index is 0.232. The second-order valence-corrected chi connectivity index (χ2v) is 8.80. The van der Waals surface area contributed by atoms with Crippen molar-refractivity contribution in [2.75, 3.05) is 20.8 Å².